The van der Waals surface area contributed by atoms with Crippen molar-refractivity contribution in [3.05, 3.63) is 34.1 Å². The lowest BCUT2D eigenvalue weighted by atomic mass is 10.1. The van der Waals surface area contributed by atoms with Crippen molar-refractivity contribution in [3.63, 3.8) is 0 Å². The van der Waals surface area contributed by atoms with E-state index in [1.54, 1.807) is 0 Å². The smallest absolute Gasteiger partial charge is 0.259 e. The number of hydrogen-bond donors (Lipinski definition) is 1. The zero-order valence-electron chi connectivity index (χ0n) is 11.6. The zero-order chi connectivity index (χ0) is 14.5. The Kier molecular flexibility index (Phi) is 5.28. The molecule has 0 amide bonds. The molecular formula is C14H18BrN3O2. The van der Waals surface area contributed by atoms with E-state index in [9.17, 15) is 0 Å². The molecule has 1 aromatic heterocycles. The first-order valence-corrected chi connectivity index (χ1v) is 7.34. The van der Waals surface area contributed by atoms with Crippen molar-refractivity contribution in [2.45, 2.75) is 26.3 Å². The normalized spacial score (nSPS) is 12.6. The molecule has 6 heteroatoms. The van der Waals surface area contributed by atoms with E-state index in [-0.39, 0.29) is 6.04 Å². The van der Waals surface area contributed by atoms with Crippen LogP contribution in [0.2, 0.25) is 0 Å². The van der Waals surface area contributed by atoms with Crippen molar-refractivity contribution >= 4 is 15.9 Å². The number of benzene rings is 1. The van der Waals surface area contributed by atoms with Crippen molar-refractivity contribution in [2.75, 3.05) is 13.2 Å². The van der Waals surface area contributed by atoms with Crippen LogP contribution in [0.5, 0.6) is 0 Å². The molecule has 2 rings (SSSR count). The van der Waals surface area contributed by atoms with Crippen LogP contribution in [0.3, 0.4) is 0 Å². The summed E-state index contributed by atoms with van der Waals surface area (Å²) in [5.74, 6) is 0.922. The number of halogens is 1. The highest BCUT2D eigenvalue weighted by Crippen LogP contribution is 2.28. The SMILES string of the molecule is CCCOCC(N)c1noc(-c2cc(C)ccc2Br)n1. The van der Waals surface area contributed by atoms with Crippen LogP contribution in [0, 0.1) is 6.92 Å². The van der Waals surface area contributed by atoms with Crippen LogP contribution in [0.4, 0.5) is 0 Å². The maximum absolute atomic E-state index is 5.97. The Morgan fingerprint density at radius 1 is 1.45 bits per heavy atom. The Bertz CT molecular complexity index is 571. The molecule has 1 aromatic carbocycles. The number of aromatic nitrogens is 2. The summed E-state index contributed by atoms with van der Waals surface area (Å²) in [5.41, 5.74) is 7.96. The molecule has 0 saturated heterocycles. The number of nitrogens with zero attached hydrogens (tertiary/aromatic N) is 2. The molecule has 1 heterocycles. The lowest BCUT2D eigenvalue weighted by Crippen LogP contribution is -2.18. The molecule has 1 atom stereocenters. The third kappa shape index (κ3) is 3.65. The summed E-state index contributed by atoms with van der Waals surface area (Å²) >= 11 is 3.48. The van der Waals surface area contributed by atoms with Gasteiger partial charge in [-0.1, -0.05) is 23.7 Å². The van der Waals surface area contributed by atoms with Gasteiger partial charge in [-0.05, 0) is 41.4 Å². The second kappa shape index (κ2) is 6.97. The van der Waals surface area contributed by atoms with Gasteiger partial charge in [0, 0.05) is 11.1 Å². The van der Waals surface area contributed by atoms with Gasteiger partial charge in [-0.25, -0.2) is 0 Å². The second-order valence-electron chi connectivity index (χ2n) is 4.62. The molecular weight excluding hydrogens is 322 g/mol. The Morgan fingerprint density at radius 3 is 3.00 bits per heavy atom. The van der Waals surface area contributed by atoms with Gasteiger partial charge in [-0.15, -0.1) is 0 Å². The molecule has 0 fully saturated rings. The van der Waals surface area contributed by atoms with Gasteiger partial charge < -0.3 is 15.0 Å². The number of ether oxygens (including phenoxy) is 1. The van der Waals surface area contributed by atoms with Crippen LogP contribution < -0.4 is 5.73 Å². The van der Waals surface area contributed by atoms with E-state index < -0.39 is 0 Å². The maximum Gasteiger partial charge on any atom is 0.259 e. The molecule has 0 aliphatic carbocycles. The number of nitrogens with two attached hydrogens (primary N) is 1. The van der Waals surface area contributed by atoms with Gasteiger partial charge in [0.15, 0.2) is 5.82 Å². The van der Waals surface area contributed by atoms with Gasteiger partial charge in [0.1, 0.15) is 0 Å². The van der Waals surface area contributed by atoms with Gasteiger partial charge in [-0.3, -0.25) is 0 Å². The Hall–Kier alpha value is -1.24. The minimum Gasteiger partial charge on any atom is -0.379 e. The topological polar surface area (TPSA) is 74.2 Å². The quantitative estimate of drug-likeness (QED) is 0.817. The van der Waals surface area contributed by atoms with E-state index in [0.29, 0.717) is 24.9 Å². The third-order valence-electron chi connectivity index (χ3n) is 2.77. The van der Waals surface area contributed by atoms with Gasteiger partial charge in [0.05, 0.1) is 18.2 Å². The molecule has 0 radical (unpaired) electrons. The summed E-state index contributed by atoms with van der Waals surface area (Å²) in [6.07, 6.45) is 0.959. The summed E-state index contributed by atoms with van der Waals surface area (Å²) in [4.78, 5) is 4.35. The van der Waals surface area contributed by atoms with Gasteiger partial charge in [0.25, 0.3) is 5.89 Å². The summed E-state index contributed by atoms with van der Waals surface area (Å²) < 4.78 is 11.6. The minimum absolute atomic E-state index is 0.373. The molecule has 2 aromatic rings. The van der Waals surface area contributed by atoms with E-state index in [0.717, 1.165) is 22.0 Å². The molecule has 0 spiro atoms. The molecule has 0 aliphatic rings. The van der Waals surface area contributed by atoms with Gasteiger partial charge >= 0.3 is 0 Å². The lowest BCUT2D eigenvalue weighted by Gasteiger charge is -2.06. The highest BCUT2D eigenvalue weighted by molar-refractivity contribution is 9.10. The van der Waals surface area contributed by atoms with Crippen LogP contribution >= 0.6 is 15.9 Å². The summed E-state index contributed by atoms with van der Waals surface area (Å²) in [7, 11) is 0. The largest absolute Gasteiger partial charge is 0.379 e. The van der Waals surface area contributed by atoms with E-state index in [1.165, 1.54) is 0 Å². The van der Waals surface area contributed by atoms with E-state index in [2.05, 4.69) is 26.1 Å². The lowest BCUT2D eigenvalue weighted by molar-refractivity contribution is 0.119. The fraction of sp³-hybridized carbons (Fsp3) is 0.429. The molecule has 0 bridgehead atoms. The fourth-order valence-electron chi connectivity index (χ4n) is 1.73. The van der Waals surface area contributed by atoms with E-state index >= 15 is 0 Å². The molecule has 20 heavy (non-hydrogen) atoms. The van der Waals surface area contributed by atoms with Crippen molar-refractivity contribution < 1.29 is 9.26 Å². The Labute approximate surface area is 126 Å². The first kappa shape index (κ1) is 15.2. The van der Waals surface area contributed by atoms with Crippen molar-refractivity contribution in [1.29, 1.82) is 0 Å². The summed E-state index contributed by atoms with van der Waals surface area (Å²) in [6, 6.07) is 5.58. The Balaban J connectivity index is 2.14. The van der Waals surface area contributed by atoms with Crippen molar-refractivity contribution in [3.8, 4) is 11.5 Å². The number of rotatable bonds is 6. The molecule has 0 aliphatic heterocycles. The van der Waals surface area contributed by atoms with Crippen LogP contribution in [-0.2, 0) is 4.74 Å². The molecule has 1 unspecified atom stereocenters. The molecule has 2 N–H and O–H groups in total. The maximum atomic E-state index is 5.97. The molecule has 108 valence electrons. The van der Waals surface area contributed by atoms with Crippen LogP contribution in [0.15, 0.2) is 27.2 Å². The standard InChI is InChI=1S/C14H18BrN3O2/c1-3-6-19-8-12(16)13-17-14(20-18-13)10-7-9(2)4-5-11(10)15/h4-5,7,12H,3,6,8,16H2,1-2H3. The van der Waals surface area contributed by atoms with Crippen molar-refractivity contribution in [2.24, 2.45) is 5.73 Å². The summed E-state index contributed by atoms with van der Waals surface area (Å²) in [5, 5.41) is 3.93. The highest BCUT2D eigenvalue weighted by atomic mass is 79.9. The second-order valence-corrected chi connectivity index (χ2v) is 5.48. The van der Waals surface area contributed by atoms with Crippen LogP contribution in [0.25, 0.3) is 11.5 Å². The average molecular weight is 340 g/mol. The number of hydrogen-bond acceptors (Lipinski definition) is 5. The monoisotopic (exact) mass is 339 g/mol. The van der Waals surface area contributed by atoms with Gasteiger partial charge in [-0.2, -0.15) is 4.98 Å². The predicted molar refractivity (Wildman–Crippen MR) is 80.2 cm³/mol. The van der Waals surface area contributed by atoms with E-state index in [4.69, 9.17) is 15.0 Å². The van der Waals surface area contributed by atoms with Crippen molar-refractivity contribution in [1.82, 2.24) is 10.1 Å². The fourth-order valence-corrected chi connectivity index (χ4v) is 2.14. The van der Waals surface area contributed by atoms with Crippen LogP contribution in [0.1, 0.15) is 30.8 Å². The molecule has 0 saturated carbocycles. The first-order valence-electron chi connectivity index (χ1n) is 6.55. The average Bonchev–Trinajstić information content (AvgIpc) is 2.91. The highest BCUT2D eigenvalue weighted by Gasteiger charge is 2.17. The zero-order valence-corrected chi connectivity index (χ0v) is 13.2. The predicted octanol–water partition coefficient (Wildman–Crippen LogP) is 3.23. The number of aryl methyl sites for hydroxylation is 1. The Morgan fingerprint density at radius 2 is 2.25 bits per heavy atom. The van der Waals surface area contributed by atoms with Gasteiger partial charge in [0.2, 0.25) is 0 Å². The first-order chi connectivity index (χ1) is 9.61. The van der Waals surface area contributed by atoms with Crippen LogP contribution in [-0.4, -0.2) is 23.4 Å². The summed E-state index contributed by atoms with van der Waals surface area (Å²) in [6.45, 7) is 5.13. The third-order valence-corrected chi connectivity index (χ3v) is 3.46. The minimum atomic E-state index is -0.373. The van der Waals surface area contributed by atoms with E-state index in [1.807, 2.05) is 32.0 Å². The molecule has 5 nitrogen and oxygen atoms in total.